The highest BCUT2D eigenvalue weighted by molar-refractivity contribution is 7.80. The number of thiocarbonyl (C=S) groups is 1. The second-order valence-electron chi connectivity index (χ2n) is 4.02. The van der Waals surface area contributed by atoms with Gasteiger partial charge in [0.25, 0.3) is 0 Å². The SMILES string of the molecule is Cc1ccc(NC(=S)NCC(C)C)c(Cl)n1. The molecule has 1 aromatic heterocycles. The number of nitrogens with zero attached hydrogens (tertiary/aromatic N) is 1. The van der Waals surface area contributed by atoms with Gasteiger partial charge in [-0.1, -0.05) is 25.4 Å². The van der Waals surface area contributed by atoms with Crippen molar-refractivity contribution in [3.63, 3.8) is 0 Å². The van der Waals surface area contributed by atoms with Crippen LogP contribution in [0.15, 0.2) is 12.1 Å². The average molecular weight is 258 g/mol. The van der Waals surface area contributed by atoms with Crippen molar-refractivity contribution in [1.82, 2.24) is 10.3 Å². The molecule has 88 valence electrons. The standard InChI is InChI=1S/C11H16ClN3S/c1-7(2)6-13-11(16)15-9-5-4-8(3)14-10(9)12/h4-5,7H,6H2,1-3H3,(H2,13,15,16). The van der Waals surface area contributed by atoms with Crippen LogP contribution < -0.4 is 10.6 Å². The summed E-state index contributed by atoms with van der Waals surface area (Å²) >= 11 is 11.1. The quantitative estimate of drug-likeness (QED) is 0.645. The number of nitrogens with one attached hydrogen (secondary N) is 2. The van der Waals surface area contributed by atoms with Crippen LogP contribution in [0.2, 0.25) is 5.15 Å². The molecule has 0 aliphatic heterocycles. The molecule has 0 spiro atoms. The third-order valence-corrected chi connectivity index (χ3v) is 2.44. The summed E-state index contributed by atoms with van der Waals surface area (Å²) in [6, 6.07) is 3.76. The lowest BCUT2D eigenvalue weighted by Gasteiger charge is -2.12. The van der Waals surface area contributed by atoms with Crippen LogP contribution in [0.5, 0.6) is 0 Å². The van der Waals surface area contributed by atoms with Crippen LogP contribution in [-0.4, -0.2) is 16.6 Å². The maximum atomic E-state index is 5.98. The van der Waals surface area contributed by atoms with Gasteiger partial charge in [-0.3, -0.25) is 0 Å². The molecule has 0 atom stereocenters. The van der Waals surface area contributed by atoms with E-state index in [2.05, 4.69) is 29.5 Å². The topological polar surface area (TPSA) is 37.0 Å². The van der Waals surface area contributed by atoms with Crippen molar-refractivity contribution in [1.29, 1.82) is 0 Å². The van der Waals surface area contributed by atoms with Crippen LogP contribution >= 0.6 is 23.8 Å². The Morgan fingerprint density at radius 3 is 2.75 bits per heavy atom. The number of halogens is 1. The minimum absolute atomic E-state index is 0.439. The molecule has 0 fully saturated rings. The van der Waals surface area contributed by atoms with Gasteiger partial charge in [-0.15, -0.1) is 0 Å². The molecule has 2 N–H and O–H groups in total. The molecule has 0 unspecified atom stereocenters. The highest BCUT2D eigenvalue weighted by Gasteiger charge is 2.04. The summed E-state index contributed by atoms with van der Waals surface area (Å²) in [6.45, 7) is 6.97. The van der Waals surface area contributed by atoms with E-state index < -0.39 is 0 Å². The lowest BCUT2D eigenvalue weighted by molar-refractivity contribution is 0.627. The number of pyridine rings is 1. The van der Waals surface area contributed by atoms with E-state index in [-0.39, 0.29) is 0 Å². The van der Waals surface area contributed by atoms with Crippen LogP contribution in [0.4, 0.5) is 5.69 Å². The third kappa shape index (κ3) is 4.33. The van der Waals surface area contributed by atoms with Gasteiger partial charge in [0.05, 0.1) is 5.69 Å². The lowest BCUT2D eigenvalue weighted by Crippen LogP contribution is -2.31. The maximum absolute atomic E-state index is 5.98. The first kappa shape index (κ1) is 13.2. The van der Waals surface area contributed by atoms with Crippen molar-refractivity contribution in [3.05, 3.63) is 23.0 Å². The normalized spacial score (nSPS) is 10.3. The molecule has 0 radical (unpaired) electrons. The van der Waals surface area contributed by atoms with Gasteiger partial charge in [0, 0.05) is 12.2 Å². The Labute approximate surface area is 107 Å². The van der Waals surface area contributed by atoms with Crippen LogP contribution in [0.25, 0.3) is 0 Å². The molecule has 16 heavy (non-hydrogen) atoms. The summed E-state index contributed by atoms with van der Waals surface area (Å²) in [5.74, 6) is 0.548. The molecule has 1 heterocycles. The van der Waals surface area contributed by atoms with Gasteiger partial charge in [0.15, 0.2) is 10.3 Å². The zero-order chi connectivity index (χ0) is 12.1. The number of hydrogen-bond acceptors (Lipinski definition) is 2. The van der Waals surface area contributed by atoms with Gasteiger partial charge < -0.3 is 10.6 Å². The number of aromatic nitrogens is 1. The Morgan fingerprint density at radius 1 is 1.50 bits per heavy atom. The fourth-order valence-corrected chi connectivity index (χ4v) is 1.52. The Balaban J connectivity index is 2.56. The smallest absolute Gasteiger partial charge is 0.170 e. The zero-order valence-corrected chi connectivity index (χ0v) is 11.2. The van der Waals surface area contributed by atoms with Gasteiger partial charge in [-0.05, 0) is 37.2 Å². The highest BCUT2D eigenvalue weighted by Crippen LogP contribution is 2.18. The average Bonchev–Trinajstić information content (AvgIpc) is 2.19. The van der Waals surface area contributed by atoms with Gasteiger partial charge in [-0.25, -0.2) is 4.98 Å². The number of hydrogen-bond donors (Lipinski definition) is 2. The second kappa shape index (κ2) is 6.01. The molecule has 0 aromatic carbocycles. The van der Waals surface area contributed by atoms with Gasteiger partial charge in [0.2, 0.25) is 0 Å². The van der Waals surface area contributed by atoms with Crippen molar-refractivity contribution in [2.45, 2.75) is 20.8 Å². The first-order valence-corrected chi connectivity index (χ1v) is 5.95. The van der Waals surface area contributed by atoms with E-state index in [9.17, 15) is 0 Å². The maximum Gasteiger partial charge on any atom is 0.170 e. The number of rotatable bonds is 3. The predicted molar refractivity (Wildman–Crippen MR) is 73.0 cm³/mol. The Kier molecular flexibility index (Phi) is 4.96. The van der Waals surface area contributed by atoms with E-state index in [1.165, 1.54) is 0 Å². The first-order valence-electron chi connectivity index (χ1n) is 5.17. The summed E-state index contributed by atoms with van der Waals surface area (Å²) in [7, 11) is 0. The van der Waals surface area contributed by atoms with E-state index >= 15 is 0 Å². The molecule has 5 heteroatoms. The summed E-state index contributed by atoms with van der Waals surface area (Å²) < 4.78 is 0. The summed E-state index contributed by atoms with van der Waals surface area (Å²) in [6.07, 6.45) is 0. The zero-order valence-electron chi connectivity index (χ0n) is 9.67. The van der Waals surface area contributed by atoms with Crippen molar-refractivity contribution in [3.8, 4) is 0 Å². The predicted octanol–water partition coefficient (Wildman–Crippen LogP) is 2.99. The van der Waals surface area contributed by atoms with E-state index in [0.717, 1.165) is 17.9 Å². The first-order chi connectivity index (χ1) is 7.49. The van der Waals surface area contributed by atoms with Crippen molar-refractivity contribution in [2.75, 3.05) is 11.9 Å². The fourth-order valence-electron chi connectivity index (χ4n) is 1.08. The molecular formula is C11H16ClN3S. The summed E-state index contributed by atoms with van der Waals surface area (Å²) in [5, 5.41) is 7.13. The fraction of sp³-hybridized carbons (Fsp3) is 0.455. The van der Waals surface area contributed by atoms with Crippen LogP contribution in [0.1, 0.15) is 19.5 Å². The van der Waals surface area contributed by atoms with Crippen LogP contribution in [0, 0.1) is 12.8 Å². The summed E-state index contributed by atoms with van der Waals surface area (Å²) in [4.78, 5) is 4.14. The van der Waals surface area contributed by atoms with Gasteiger partial charge >= 0.3 is 0 Å². The van der Waals surface area contributed by atoms with E-state index in [0.29, 0.717) is 16.2 Å². The van der Waals surface area contributed by atoms with E-state index in [1.807, 2.05) is 19.1 Å². The Morgan fingerprint density at radius 2 is 2.19 bits per heavy atom. The van der Waals surface area contributed by atoms with E-state index in [1.54, 1.807) is 0 Å². The largest absolute Gasteiger partial charge is 0.362 e. The second-order valence-corrected chi connectivity index (χ2v) is 4.79. The van der Waals surface area contributed by atoms with Crippen molar-refractivity contribution in [2.24, 2.45) is 5.92 Å². The minimum atomic E-state index is 0.439. The van der Waals surface area contributed by atoms with E-state index in [4.69, 9.17) is 23.8 Å². The molecule has 0 aliphatic carbocycles. The van der Waals surface area contributed by atoms with Gasteiger partial charge in [-0.2, -0.15) is 0 Å². The lowest BCUT2D eigenvalue weighted by atomic mass is 10.2. The van der Waals surface area contributed by atoms with Gasteiger partial charge in [0.1, 0.15) is 0 Å². The monoisotopic (exact) mass is 257 g/mol. The molecule has 0 bridgehead atoms. The van der Waals surface area contributed by atoms with Crippen molar-refractivity contribution < 1.29 is 0 Å². The third-order valence-electron chi connectivity index (χ3n) is 1.91. The van der Waals surface area contributed by atoms with Crippen LogP contribution in [-0.2, 0) is 0 Å². The molecule has 0 amide bonds. The molecule has 1 aromatic rings. The molecule has 0 saturated heterocycles. The highest BCUT2D eigenvalue weighted by atomic mass is 35.5. The molecular weight excluding hydrogens is 242 g/mol. The van der Waals surface area contributed by atoms with Crippen LogP contribution in [0.3, 0.4) is 0 Å². The molecule has 3 nitrogen and oxygen atoms in total. The molecule has 0 aliphatic rings. The molecule has 1 rings (SSSR count). The Hall–Kier alpha value is -0.870. The Bertz CT molecular complexity index is 379. The molecule has 0 saturated carbocycles. The van der Waals surface area contributed by atoms with Crippen molar-refractivity contribution >= 4 is 34.6 Å². The summed E-state index contributed by atoms with van der Waals surface area (Å²) in [5.41, 5.74) is 1.62. The number of aryl methyl sites for hydroxylation is 1. The minimum Gasteiger partial charge on any atom is -0.362 e. The number of anilines is 1.